The Hall–Kier alpha value is -3.09. The Balaban J connectivity index is 1.98. The van der Waals surface area contributed by atoms with Crippen molar-refractivity contribution in [3.63, 3.8) is 0 Å². The number of hydrogen-bond donors (Lipinski definition) is 0. The first-order valence-electron chi connectivity index (χ1n) is 6.83. The van der Waals surface area contributed by atoms with Crippen molar-refractivity contribution in [1.29, 1.82) is 0 Å². The second-order valence-corrected chi connectivity index (χ2v) is 4.77. The number of Topliss-reactive ketones (excluding diaryl/α,β-unsaturated/α-hetero) is 1. The van der Waals surface area contributed by atoms with Crippen LogP contribution in [0.15, 0.2) is 45.7 Å². The van der Waals surface area contributed by atoms with Gasteiger partial charge in [0.25, 0.3) is 0 Å². The molecule has 0 aliphatic rings. The van der Waals surface area contributed by atoms with E-state index in [0.717, 1.165) is 0 Å². The van der Waals surface area contributed by atoms with E-state index in [9.17, 15) is 9.59 Å². The lowest BCUT2D eigenvalue weighted by Crippen LogP contribution is -2.21. The van der Waals surface area contributed by atoms with E-state index >= 15 is 0 Å². The molecule has 7 nitrogen and oxygen atoms in total. The molecule has 0 unspecified atom stereocenters. The molecule has 1 aromatic carbocycles. The lowest BCUT2D eigenvalue weighted by atomic mass is 10.1. The largest absolute Gasteiger partial charge is 0.497 e. The molecule has 7 heteroatoms. The van der Waals surface area contributed by atoms with Crippen LogP contribution in [-0.2, 0) is 6.54 Å². The van der Waals surface area contributed by atoms with Gasteiger partial charge in [-0.15, -0.1) is 0 Å². The van der Waals surface area contributed by atoms with Crippen molar-refractivity contribution in [3.8, 4) is 11.5 Å². The fraction of sp³-hybridized carbons (Fsp3) is 0.188. The first kappa shape index (κ1) is 14.8. The van der Waals surface area contributed by atoms with E-state index in [0.29, 0.717) is 28.3 Å². The maximum atomic E-state index is 12.5. The number of pyridine rings is 1. The number of carbonyl (C=O) groups excluding carboxylic acids is 1. The summed E-state index contributed by atoms with van der Waals surface area (Å²) in [6, 6.07) is 8.15. The minimum absolute atomic E-state index is 0.189. The van der Waals surface area contributed by atoms with Gasteiger partial charge in [0.15, 0.2) is 17.0 Å². The van der Waals surface area contributed by atoms with Gasteiger partial charge in [-0.05, 0) is 24.3 Å². The number of oxazole rings is 1. The molecule has 2 aromatic heterocycles. The first-order valence-corrected chi connectivity index (χ1v) is 6.83. The van der Waals surface area contributed by atoms with Crippen LogP contribution in [0.4, 0.5) is 0 Å². The third kappa shape index (κ3) is 2.68. The van der Waals surface area contributed by atoms with Crippen LogP contribution in [0.2, 0.25) is 0 Å². The third-order valence-electron chi connectivity index (χ3n) is 3.44. The van der Waals surface area contributed by atoms with Gasteiger partial charge in [0.2, 0.25) is 0 Å². The van der Waals surface area contributed by atoms with Crippen LogP contribution in [0.25, 0.3) is 11.2 Å². The normalized spacial score (nSPS) is 10.7. The van der Waals surface area contributed by atoms with Crippen molar-refractivity contribution in [2.75, 3.05) is 14.2 Å². The molecular formula is C16H14N2O5. The van der Waals surface area contributed by atoms with Crippen LogP contribution in [-0.4, -0.2) is 29.6 Å². The van der Waals surface area contributed by atoms with E-state index in [1.165, 1.54) is 25.0 Å². The van der Waals surface area contributed by atoms with Gasteiger partial charge in [-0.25, -0.2) is 9.78 Å². The topological polar surface area (TPSA) is 83.6 Å². The number of rotatable bonds is 5. The minimum atomic E-state index is -0.625. The number of hydrogen-bond acceptors (Lipinski definition) is 6. The average molecular weight is 314 g/mol. The zero-order valence-electron chi connectivity index (χ0n) is 12.6. The molecule has 0 bridgehead atoms. The Morgan fingerprint density at radius 1 is 1.26 bits per heavy atom. The summed E-state index contributed by atoms with van der Waals surface area (Å²) in [4.78, 5) is 28.5. The molecule has 0 aliphatic heterocycles. The van der Waals surface area contributed by atoms with Crippen molar-refractivity contribution in [2.45, 2.75) is 6.54 Å². The number of methoxy groups -OCH3 is 2. The molecule has 3 aromatic rings. The summed E-state index contributed by atoms with van der Waals surface area (Å²) in [7, 11) is 2.99. The van der Waals surface area contributed by atoms with Gasteiger partial charge in [-0.1, -0.05) is 0 Å². The quantitative estimate of drug-likeness (QED) is 0.669. The molecule has 0 saturated carbocycles. The van der Waals surface area contributed by atoms with Crippen molar-refractivity contribution in [3.05, 3.63) is 52.6 Å². The third-order valence-corrected chi connectivity index (χ3v) is 3.44. The summed E-state index contributed by atoms with van der Waals surface area (Å²) in [6.07, 6.45) is 1.53. The summed E-state index contributed by atoms with van der Waals surface area (Å²) >= 11 is 0. The first-order chi connectivity index (χ1) is 11.1. The lowest BCUT2D eigenvalue weighted by Gasteiger charge is -2.09. The molecule has 0 amide bonds. The number of ketones is 1. The highest BCUT2D eigenvalue weighted by atomic mass is 16.5. The molecule has 0 saturated heterocycles. The zero-order chi connectivity index (χ0) is 16.4. The van der Waals surface area contributed by atoms with E-state index in [4.69, 9.17) is 13.9 Å². The second kappa shape index (κ2) is 5.96. The van der Waals surface area contributed by atoms with Crippen molar-refractivity contribution in [2.24, 2.45) is 0 Å². The zero-order valence-corrected chi connectivity index (χ0v) is 12.6. The molecule has 0 N–H and O–H groups in total. The van der Waals surface area contributed by atoms with Gasteiger partial charge >= 0.3 is 5.76 Å². The summed E-state index contributed by atoms with van der Waals surface area (Å²) in [5.74, 6) is 0.0358. The fourth-order valence-electron chi connectivity index (χ4n) is 2.30. The molecule has 2 heterocycles. The number of aromatic nitrogens is 2. The second-order valence-electron chi connectivity index (χ2n) is 4.77. The van der Waals surface area contributed by atoms with Crippen LogP contribution >= 0.6 is 0 Å². The van der Waals surface area contributed by atoms with Crippen LogP contribution in [0.5, 0.6) is 11.5 Å². The van der Waals surface area contributed by atoms with E-state index in [-0.39, 0.29) is 12.3 Å². The molecule has 118 valence electrons. The Morgan fingerprint density at radius 2 is 2.09 bits per heavy atom. The van der Waals surface area contributed by atoms with Gasteiger partial charge < -0.3 is 13.9 Å². The SMILES string of the molecule is COc1ccc(C(=O)Cn2c(=O)oc3cccnc32)c(OC)c1. The molecule has 0 aliphatic carbocycles. The van der Waals surface area contributed by atoms with Crippen LogP contribution in [0, 0.1) is 0 Å². The molecule has 0 fully saturated rings. The molecule has 0 spiro atoms. The standard InChI is InChI=1S/C16H14N2O5/c1-21-10-5-6-11(14(8-10)22-2)12(19)9-18-15-13(23-16(18)20)4-3-7-17-15/h3-8H,9H2,1-2H3. The Kier molecular flexibility index (Phi) is 3.84. The Labute approximate surface area is 131 Å². The van der Waals surface area contributed by atoms with Crippen LogP contribution in [0.3, 0.4) is 0 Å². The molecule has 23 heavy (non-hydrogen) atoms. The highest BCUT2D eigenvalue weighted by Gasteiger charge is 2.18. The van der Waals surface area contributed by atoms with E-state index in [1.54, 1.807) is 30.3 Å². The maximum absolute atomic E-state index is 12.5. The summed E-state index contributed by atoms with van der Waals surface area (Å²) in [5.41, 5.74) is 1.02. The van der Waals surface area contributed by atoms with Crippen molar-refractivity contribution < 1.29 is 18.7 Å². The minimum Gasteiger partial charge on any atom is -0.497 e. The van der Waals surface area contributed by atoms with Gasteiger partial charge in [0.1, 0.15) is 11.5 Å². The van der Waals surface area contributed by atoms with Crippen LogP contribution in [0.1, 0.15) is 10.4 Å². The Bertz CT molecular complexity index is 926. The van der Waals surface area contributed by atoms with E-state index in [1.807, 2.05) is 0 Å². The number of carbonyl (C=O) groups is 1. The summed E-state index contributed by atoms with van der Waals surface area (Å²) in [6.45, 7) is -0.189. The maximum Gasteiger partial charge on any atom is 0.421 e. The summed E-state index contributed by atoms with van der Waals surface area (Å²) in [5, 5.41) is 0. The van der Waals surface area contributed by atoms with Crippen molar-refractivity contribution in [1.82, 2.24) is 9.55 Å². The van der Waals surface area contributed by atoms with Gasteiger partial charge in [-0.3, -0.25) is 9.36 Å². The number of fused-ring (bicyclic) bond motifs is 1. The van der Waals surface area contributed by atoms with Gasteiger partial charge in [0.05, 0.1) is 26.3 Å². The molecule has 0 radical (unpaired) electrons. The number of benzene rings is 1. The smallest absolute Gasteiger partial charge is 0.421 e. The van der Waals surface area contributed by atoms with Gasteiger partial charge in [0, 0.05) is 12.3 Å². The van der Waals surface area contributed by atoms with Gasteiger partial charge in [-0.2, -0.15) is 0 Å². The highest BCUT2D eigenvalue weighted by Crippen LogP contribution is 2.25. The Morgan fingerprint density at radius 3 is 2.83 bits per heavy atom. The van der Waals surface area contributed by atoms with Crippen molar-refractivity contribution >= 4 is 17.0 Å². The van der Waals surface area contributed by atoms with E-state index in [2.05, 4.69) is 4.98 Å². The lowest BCUT2D eigenvalue weighted by molar-refractivity contribution is 0.0967. The van der Waals surface area contributed by atoms with E-state index < -0.39 is 5.76 Å². The predicted molar refractivity (Wildman–Crippen MR) is 82.1 cm³/mol. The van der Waals surface area contributed by atoms with Crippen LogP contribution < -0.4 is 15.2 Å². The average Bonchev–Trinajstić information content (AvgIpc) is 2.89. The predicted octanol–water partition coefficient (Wildman–Crippen LogP) is 1.89. The monoisotopic (exact) mass is 314 g/mol. The summed E-state index contributed by atoms with van der Waals surface area (Å²) < 4.78 is 16.6. The molecule has 3 rings (SSSR count). The fourth-order valence-corrected chi connectivity index (χ4v) is 2.30. The number of ether oxygens (including phenoxy) is 2. The molecule has 0 atom stereocenters. The number of nitrogens with zero attached hydrogens (tertiary/aromatic N) is 2. The molecular weight excluding hydrogens is 300 g/mol. The highest BCUT2D eigenvalue weighted by molar-refractivity contribution is 5.99.